The van der Waals surface area contributed by atoms with Gasteiger partial charge in [0.15, 0.2) is 6.61 Å². The fourth-order valence-corrected chi connectivity index (χ4v) is 1.82. The molecule has 0 aliphatic rings. The number of ether oxygens (including phenoxy) is 1. The molecule has 0 fully saturated rings. The fraction of sp³-hybridized carbons (Fsp3) is 0.231. The van der Waals surface area contributed by atoms with Crippen molar-refractivity contribution in [1.29, 1.82) is 0 Å². The lowest BCUT2D eigenvalue weighted by Crippen LogP contribution is -2.20. The van der Waals surface area contributed by atoms with E-state index in [4.69, 9.17) is 10.5 Å². The summed E-state index contributed by atoms with van der Waals surface area (Å²) in [6.45, 7) is 3.82. The smallest absolute Gasteiger partial charge is 0.255 e. The van der Waals surface area contributed by atoms with E-state index in [0.717, 1.165) is 22.2 Å². The molecule has 88 valence electrons. The Morgan fingerprint density at radius 2 is 2.18 bits per heavy atom. The molecule has 2 aromatic rings. The molecule has 0 atom stereocenters. The molecular weight excluding hydrogens is 216 g/mol. The number of benzene rings is 1. The molecule has 17 heavy (non-hydrogen) atoms. The van der Waals surface area contributed by atoms with Gasteiger partial charge in [-0.05, 0) is 31.5 Å². The highest BCUT2D eigenvalue weighted by atomic mass is 16.5. The van der Waals surface area contributed by atoms with Crippen LogP contribution in [0, 0.1) is 13.8 Å². The standard InChI is InChI=1S/C13H14N2O2/c1-8-6-9(2)15-13-10(8)4-3-5-11(13)17-7-12(14)16/h3-6H,7H2,1-2H3,(H2,14,16). The van der Waals surface area contributed by atoms with Crippen molar-refractivity contribution in [2.24, 2.45) is 5.73 Å². The van der Waals surface area contributed by atoms with Gasteiger partial charge in [0, 0.05) is 11.1 Å². The van der Waals surface area contributed by atoms with Gasteiger partial charge in [0.1, 0.15) is 11.3 Å². The summed E-state index contributed by atoms with van der Waals surface area (Å²) in [4.78, 5) is 15.2. The highest BCUT2D eigenvalue weighted by molar-refractivity contribution is 5.87. The Morgan fingerprint density at radius 1 is 1.41 bits per heavy atom. The maximum absolute atomic E-state index is 10.7. The lowest BCUT2D eigenvalue weighted by molar-refractivity contribution is -0.119. The van der Waals surface area contributed by atoms with Crippen molar-refractivity contribution in [2.75, 3.05) is 6.61 Å². The van der Waals surface area contributed by atoms with Crippen LogP contribution in [0.4, 0.5) is 0 Å². The van der Waals surface area contributed by atoms with Gasteiger partial charge in [-0.2, -0.15) is 0 Å². The maximum Gasteiger partial charge on any atom is 0.255 e. The quantitative estimate of drug-likeness (QED) is 0.873. The number of fused-ring (bicyclic) bond motifs is 1. The van der Waals surface area contributed by atoms with Crippen LogP contribution in [0.5, 0.6) is 5.75 Å². The molecule has 0 unspecified atom stereocenters. The maximum atomic E-state index is 10.7. The molecule has 0 spiro atoms. The van der Waals surface area contributed by atoms with Gasteiger partial charge < -0.3 is 10.5 Å². The molecule has 1 aromatic carbocycles. The average molecular weight is 230 g/mol. The van der Waals surface area contributed by atoms with Crippen LogP contribution in [0.15, 0.2) is 24.3 Å². The zero-order chi connectivity index (χ0) is 12.4. The number of para-hydroxylation sites is 1. The monoisotopic (exact) mass is 230 g/mol. The van der Waals surface area contributed by atoms with Crippen molar-refractivity contribution in [1.82, 2.24) is 4.98 Å². The number of carbonyl (C=O) groups excluding carboxylic acids is 1. The van der Waals surface area contributed by atoms with Crippen LogP contribution in [-0.4, -0.2) is 17.5 Å². The highest BCUT2D eigenvalue weighted by Gasteiger charge is 2.07. The van der Waals surface area contributed by atoms with Gasteiger partial charge in [0.25, 0.3) is 5.91 Å². The van der Waals surface area contributed by atoms with Crippen molar-refractivity contribution in [2.45, 2.75) is 13.8 Å². The molecule has 0 bridgehead atoms. The SMILES string of the molecule is Cc1cc(C)c2cccc(OCC(N)=O)c2n1. The van der Waals surface area contributed by atoms with Gasteiger partial charge in [0.05, 0.1) is 0 Å². The van der Waals surface area contributed by atoms with Crippen molar-refractivity contribution >= 4 is 16.8 Å². The van der Waals surface area contributed by atoms with Gasteiger partial charge in [-0.15, -0.1) is 0 Å². The molecule has 1 amide bonds. The summed E-state index contributed by atoms with van der Waals surface area (Å²) in [6.07, 6.45) is 0. The van der Waals surface area contributed by atoms with Crippen LogP contribution in [0.3, 0.4) is 0 Å². The summed E-state index contributed by atoms with van der Waals surface area (Å²) in [7, 11) is 0. The predicted octanol–water partition coefficient (Wildman–Crippen LogP) is 1.72. The van der Waals surface area contributed by atoms with E-state index in [2.05, 4.69) is 4.98 Å². The predicted molar refractivity (Wildman–Crippen MR) is 65.9 cm³/mol. The number of pyridine rings is 1. The summed E-state index contributed by atoms with van der Waals surface area (Å²) >= 11 is 0. The second-order valence-electron chi connectivity index (χ2n) is 3.99. The Bertz CT molecular complexity index is 579. The van der Waals surface area contributed by atoms with E-state index in [-0.39, 0.29) is 6.61 Å². The Kier molecular flexibility index (Phi) is 2.95. The summed E-state index contributed by atoms with van der Waals surface area (Å²) < 4.78 is 5.35. The minimum atomic E-state index is -0.494. The Morgan fingerprint density at radius 3 is 2.88 bits per heavy atom. The topological polar surface area (TPSA) is 65.2 Å². The van der Waals surface area contributed by atoms with E-state index in [1.165, 1.54) is 0 Å². The molecule has 0 aliphatic heterocycles. The van der Waals surface area contributed by atoms with Gasteiger partial charge in [-0.25, -0.2) is 4.98 Å². The summed E-state index contributed by atoms with van der Waals surface area (Å²) in [5.41, 5.74) is 7.89. The van der Waals surface area contributed by atoms with E-state index >= 15 is 0 Å². The van der Waals surface area contributed by atoms with E-state index in [1.54, 1.807) is 6.07 Å². The normalized spacial score (nSPS) is 10.5. The van der Waals surface area contributed by atoms with Crippen LogP contribution in [0.25, 0.3) is 10.9 Å². The van der Waals surface area contributed by atoms with Gasteiger partial charge in [-0.3, -0.25) is 4.79 Å². The Balaban J connectivity index is 2.52. The van der Waals surface area contributed by atoms with Crippen molar-refractivity contribution in [3.63, 3.8) is 0 Å². The van der Waals surface area contributed by atoms with Crippen LogP contribution < -0.4 is 10.5 Å². The van der Waals surface area contributed by atoms with E-state index < -0.39 is 5.91 Å². The van der Waals surface area contributed by atoms with Crippen molar-refractivity contribution in [3.8, 4) is 5.75 Å². The molecule has 4 nitrogen and oxygen atoms in total. The number of hydrogen-bond donors (Lipinski definition) is 1. The van der Waals surface area contributed by atoms with Crippen LogP contribution >= 0.6 is 0 Å². The first-order valence-electron chi connectivity index (χ1n) is 5.36. The number of hydrogen-bond acceptors (Lipinski definition) is 3. The van der Waals surface area contributed by atoms with Crippen molar-refractivity contribution < 1.29 is 9.53 Å². The van der Waals surface area contributed by atoms with E-state index in [0.29, 0.717) is 5.75 Å². The zero-order valence-corrected chi connectivity index (χ0v) is 9.86. The third kappa shape index (κ3) is 2.36. The largest absolute Gasteiger partial charge is 0.481 e. The number of primary amides is 1. The average Bonchev–Trinajstić information content (AvgIpc) is 2.26. The molecule has 0 saturated heterocycles. The fourth-order valence-electron chi connectivity index (χ4n) is 1.82. The molecule has 2 N–H and O–H groups in total. The number of nitrogens with zero attached hydrogens (tertiary/aromatic N) is 1. The molecule has 0 aliphatic carbocycles. The second-order valence-corrected chi connectivity index (χ2v) is 3.99. The number of amides is 1. The zero-order valence-electron chi connectivity index (χ0n) is 9.86. The van der Waals surface area contributed by atoms with Gasteiger partial charge >= 0.3 is 0 Å². The Hall–Kier alpha value is -2.10. The van der Waals surface area contributed by atoms with Crippen LogP contribution in [0.2, 0.25) is 0 Å². The van der Waals surface area contributed by atoms with Gasteiger partial charge in [0.2, 0.25) is 0 Å². The molecular formula is C13H14N2O2. The molecule has 0 saturated carbocycles. The number of nitrogens with two attached hydrogens (primary N) is 1. The third-order valence-electron chi connectivity index (χ3n) is 2.51. The molecule has 1 heterocycles. The highest BCUT2D eigenvalue weighted by Crippen LogP contribution is 2.26. The van der Waals surface area contributed by atoms with Crippen LogP contribution in [-0.2, 0) is 4.79 Å². The first-order chi connectivity index (χ1) is 8.08. The van der Waals surface area contributed by atoms with E-state index in [9.17, 15) is 4.79 Å². The number of aryl methyl sites for hydroxylation is 2. The van der Waals surface area contributed by atoms with Crippen molar-refractivity contribution in [3.05, 3.63) is 35.5 Å². The first kappa shape index (κ1) is 11.4. The minimum absolute atomic E-state index is 0.131. The lowest BCUT2D eigenvalue weighted by Gasteiger charge is -2.09. The molecule has 1 aromatic heterocycles. The second kappa shape index (κ2) is 4.41. The van der Waals surface area contributed by atoms with Gasteiger partial charge in [-0.1, -0.05) is 12.1 Å². The summed E-state index contributed by atoms with van der Waals surface area (Å²) in [6, 6.07) is 7.66. The minimum Gasteiger partial charge on any atom is -0.481 e. The third-order valence-corrected chi connectivity index (χ3v) is 2.51. The first-order valence-corrected chi connectivity index (χ1v) is 5.36. The van der Waals surface area contributed by atoms with Crippen LogP contribution in [0.1, 0.15) is 11.3 Å². The molecule has 0 radical (unpaired) electrons. The summed E-state index contributed by atoms with van der Waals surface area (Å²) in [5.74, 6) is 0.0967. The number of carbonyl (C=O) groups is 1. The molecule has 4 heteroatoms. The Labute approximate surface area is 99.4 Å². The summed E-state index contributed by atoms with van der Waals surface area (Å²) in [5, 5.41) is 1.03. The van der Waals surface area contributed by atoms with E-state index in [1.807, 2.05) is 32.0 Å². The lowest BCUT2D eigenvalue weighted by atomic mass is 10.1. The number of rotatable bonds is 3. The molecule has 2 rings (SSSR count). The number of aromatic nitrogens is 1.